The number of unbranched alkanes of at least 4 members (excludes halogenated alkanes) is 5. The molecule has 0 aromatic heterocycles. The zero-order chi connectivity index (χ0) is 26.7. The normalized spacial score (nSPS) is 10.9. The van der Waals surface area contributed by atoms with Crippen molar-refractivity contribution in [3.05, 3.63) is 42.5 Å². The molecule has 8 heteroatoms. The molecule has 0 aliphatic rings. The van der Waals surface area contributed by atoms with E-state index in [4.69, 9.17) is 33.2 Å². The van der Waals surface area contributed by atoms with Crippen LogP contribution in [0.2, 0.25) is 0 Å². The molecule has 0 unspecified atom stereocenters. The zero-order valence-corrected chi connectivity index (χ0v) is 22.8. The van der Waals surface area contributed by atoms with E-state index < -0.39 is 5.97 Å². The number of hydrogen-bond acceptors (Lipinski definition) is 8. The minimum atomic E-state index is -0.450. The SMILES string of the molecule is C=CC(=O)OCCOCCOCCOCCOCCOCCOc1ccc(CCCCCCCC)cc1. The highest BCUT2D eigenvalue weighted by molar-refractivity contribution is 5.81. The lowest BCUT2D eigenvalue weighted by Gasteiger charge is -2.09. The summed E-state index contributed by atoms with van der Waals surface area (Å²) in [6.45, 7) is 11.1. The second kappa shape index (κ2) is 25.7. The molecule has 212 valence electrons. The van der Waals surface area contributed by atoms with Gasteiger partial charge in [-0.05, 0) is 30.5 Å². The van der Waals surface area contributed by atoms with Gasteiger partial charge in [-0.15, -0.1) is 0 Å². The molecule has 0 bridgehead atoms. The molecule has 0 aliphatic carbocycles. The summed E-state index contributed by atoms with van der Waals surface area (Å²) in [4.78, 5) is 10.8. The first-order valence-electron chi connectivity index (χ1n) is 13.7. The highest BCUT2D eigenvalue weighted by Gasteiger charge is 1.99. The van der Waals surface area contributed by atoms with Crippen molar-refractivity contribution >= 4 is 5.97 Å². The number of benzene rings is 1. The number of aryl methyl sites for hydroxylation is 1. The first-order chi connectivity index (χ1) is 18.3. The molecule has 1 aromatic rings. The van der Waals surface area contributed by atoms with Crippen molar-refractivity contribution in [3.8, 4) is 5.75 Å². The van der Waals surface area contributed by atoms with Crippen molar-refractivity contribution < 1.29 is 38.0 Å². The molecule has 0 spiro atoms. The van der Waals surface area contributed by atoms with Crippen LogP contribution in [0.25, 0.3) is 0 Å². The van der Waals surface area contributed by atoms with Gasteiger partial charge in [0.2, 0.25) is 0 Å². The van der Waals surface area contributed by atoms with Crippen molar-refractivity contribution in [2.24, 2.45) is 0 Å². The van der Waals surface area contributed by atoms with Crippen LogP contribution >= 0.6 is 0 Å². The van der Waals surface area contributed by atoms with E-state index in [9.17, 15) is 4.79 Å². The van der Waals surface area contributed by atoms with Gasteiger partial charge in [-0.25, -0.2) is 4.79 Å². The number of hydrogen-bond donors (Lipinski definition) is 0. The van der Waals surface area contributed by atoms with Gasteiger partial charge < -0.3 is 33.2 Å². The third-order valence-electron chi connectivity index (χ3n) is 5.37. The van der Waals surface area contributed by atoms with E-state index >= 15 is 0 Å². The lowest BCUT2D eigenvalue weighted by Crippen LogP contribution is -2.15. The molecule has 0 fully saturated rings. The smallest absolute Gasteiger partial charge is 0.330 e. The van der Waals surface area contributed by atoms with E-state index in [1.165, 1.54) is 44.1 Å². The Balaban J connectivity index is 1.79. The molecule has 0 saturated carbocycles. The van der Waals surface area contributed by atoms with Crippen LogP contribution in [0.3, 0.4) is 0 Å². The molecule has 0 amide bonds. The monoisotopic (exact) mass is 524 g/mol. The summed E-state index contributed by atoms with van der Waals surface area (Å²) in [6, 6.07) is 8.41. The largest absolute Gasteiger partial charge is 0.491 e. The fourth-order valence-electron chi connectivity index (χ4n) is 3.32. The summed E-state index contributed by atoms with van der Waals surface area (Å²) in [5.74, 6) is 0.431. The zero-order valence-electron chi connectivity index (χ0n) is 22.8. The fraction of sp³-hybridized carbons (Fsp3) is 0.690. The summed E-state index contributed by atoms with van der Waals surface area (Å²) >= 11 is 0. The van der Waals surface area contributed by atoms with Crippen LogP contribution in [0.15, 0.2) is 36.9 Å². The van der Waals surface area contributed by atoms with Crippen LogP contribution in [0.4, 0.5) is 0 Å². The molecular formula is C29H48O8. The molecule has 0 atom stereocenters. The van der Waals surface area contributed by atoms with Gasteiger partial charge in [-0.3, -0.25) is 0 Å². The standard InChI is InChI=1S/C29H48O8/c1-3-5-6-7-8-9-10-27-11-13-28(14-12-27)36-25-23-34-21-19-32-17-15-31-16-18-33-20-22-35-24-26-37-29(30)4-2/h4,11-14H,2-3,5-10,15-26H2,1H3. The van der Waals surface area contributed by atoms with Crippen LogP contribution in [0.1, 0.15) is 51.0 Å². The Morgan fingerprint density at radius 3 is 1.62 bits per heavy atom. The molecule has 0 N–H and O–H groups in total. The topological polar surface area (TPSA) is 81.7 Å². The Morgan fingerprint density at radius 2 is 1.11 bits per heavy atom. The van der Waals surface area contributed by atoms with Crippen molar-refractivity contribution in [3.63, 3.8) is 0 Å². The lowest BCUT2D eigenvalue weighted by molar-refractivity contribution is -0.139. The van der Waals surface area contributed by atoms with Gasteiger partial charge in [0.15, 0.2) is 0 Å². The van der Waals surface area contributed by atoms with Crippen LogP contribution in [0.5, 0.6) is 5.75 Å². The van der Waals surface area contributed by atoms with Crippen LogP contribution in [-0.2, 0) is 39.6 Å². The predicted octanol–water partition coefficient (Wildman–Crippen LogP) is 4.78. The third-order valence-corrected chi connectivity index (χ3v) is 5.37. The lowest BCUT2D eigenvalue weighted by atomic mass is 10.0. The highest BCUT2D eigenvalue weighted by Crippen LogP contribution is 2.15. The van der Waals surface area contributed by atoms with Crippen molar-refractivity contribution in [1.82, 2.24) is 0 Å². The van der Waals surface area contributed by atoms with Crippen molar-refractivity contribution in [1.29, 1.82) is 0 Å². The Kier molecular flexibility index (Phi) is 22.9. The van der Waals surface area contributed by atoms with E-state index in [0.29, 0.717) is 72.7 Å². The maximum atomic E-state index is 10.8. The number of carbonyl (C=O) groups is 1. The minimum absolute atomic E-state index is 0.209. The second-order valence-electron chi connectivity index (χ2n) is 8.44. The van der Waals surface area contributed by atoms with E-state index in [-0.39, 0.29) is 6.61 Å². The third kappa shape index (κ3) is 21.8. The van der Waals surface area contributed by atoms with Crippen LogP contribution in [0, 0.1) is 0 Å². The summed E-state index contributed by atoms with van der Waals surface area (Å²) in [5, 5.41) is 0. The molecule has 1 aromatic carbocycles. The predicted molar refractivity (Wildman–Crippen MR) is 144 cm³/mol. The van der Waals surface area contributed by atoms with E-state index in [1.807, 2.05) is 12.1 Å². The summed E-state index contributed by atoms with van der Waals surface area (Å²) in [5.41, 5.74) is 1.37. The number of rotatable bonds is 27. The Labute approximate surface area is 223 Å². The molecule has 0 aliphatic heterocycles. The Hall–Kier alpha value is -1.97. The number of carbonyl (C=O) groups excluding carboxylic acids is 1. The van der Waals surface area contributed by atoms with Gasteiger partial charge in [-0.1, -0.05) is 57.7 Å². The van der Waals surface area contributed by atoms with Crippen molar-refractivity contribution in [2.75, 3.05) is 79.3 Å². The molecule has 0 heterocycles. The van der Waals surface area contributed by atoms with Gasteiger partial charge in [-0.2, -0.15) is 0 Å². The number of esters is 1. The van der Waals surface area contributed by atoms with Gasteiger partial charge in [0.1, 0.15) is 19.0 Å². The first-order valence-corrected chi connectivity index (χ1v) is 13.7. The quantitative estimate of drug-likeness (QED) is 0.0924. The van der Waals surface area contributed by atoms with Crippen LogP contribution < -0.4 is 4.74 Å². The first kappa shape index (κ1) is 33.1. The average Bonchev–Trinajstić information content (AvgIpc) is 2.92. The molecule has 1 rings (SSSR count). The Bertz CT molecular complexity index is 650. The molecule has 0 saturated heterocycles. The highest BCUT2D eigenvalue weighted by atomic mass is 16.6. The summed E-state index contributed by atoms with van der Waals surface area (Å²) in [6.07, 6.45) is 10.2. The maximum Gasteiger partial charge on any atom is 0.330 e. The summed E-state index contributed by atoms with van der Waals surface area (Å²) in [7, 11) is 0. The van der Waals surface area contributed by atoms with E-state index in [2.05, 4.69) is 25.6 Å². The fourth-order valence-corrected chi connectivity index (χ4v) is 3.32. The van der Waals surface area contributed by atoms with Gasteiger partial charge in [0, 0.05) is 6.08 Å². The minimum Gasteiger partial charge on any atom is -0.491 e. The van der Waals surface area contributed by atoms with Gasteiger partial charge in [0.25, 0.3) is 0 Å². The molecular weight excluding hydrogens is 476 g/mol. The van der Waals surface area contributed by atoms with E-state index in [0.717, 1.165) is 18.2 Å². The van der Waals surface area contributed by atoms with Crippen molar-refractivity contribution in [2.45, 2.75) is 51.9 Å². The second-order valence-corrected chi connectivity index (χ2v) is 8.44. The Morgan fingerprint density at radius 1 is 0.649 bits per heavy atom. The molecule has 37 heavy (non-hydrogen) atoms. The van der Waals surface area contributed by atoms with Gasteiger partial charge >= 0.3 is 5.97 Å². The van der Waals surface area contributed by atoms with E-state index in [1.54, 1.807) is 0 Å². The molecule has 0 radical (unpaired) electrons. The summed E-state index contributed by atoms with van der Waals surface area (Å²) < 4.78 is 37.7. The molecule has 8 nitrogen and oxygen atoms in total. The average molecular weight is 525 g/mol. The maximum absolute atomic E-state index is 10.8. The van der Waals surface area contributed by atoms with Crippen LogP contribution in [-0.4, -0.2) is 85.3 Å². The number of ether oxygens (including phenoxy) is 7. The van der Waals surface area contributed by atoms with Gasteiger partial charge in [0.05, 0.1) is 66.1 Å².